The summed E-state index contributed by atoms with van der Waals surface area (Å²) in [6, 6.07) is 0. The Hall–Kier alpha value is 0.0600. The summed E-state index contributed by atoms with van der Waals surface area (Å²) in [7, 11) is -5.39. The summed E-state index contributed by atoms with van der Waals surface area (Å²) in [4.78, 5) is 0. The molecule has 1 saturated heterocycles. The lowest BCUT2D eigenvalue weighted by molar-refractivity contribution is 0.0325. The van der Waals surface area contributed by atoms with Crippen molar-refractivity contribution < 1.29 is 38.5 Å². The molecule has 10 heteroatoms. The van der Waals surface area contributed by atoms with Crippen molar-refractivity contribution in [1.29, 1.82) is 0 Å². The van der Waals surface area contributed by atoms with Gasteiger partial charge in [-0.15, -0.1) is 0 Å². The fourth-order valence-electron chi connectivity index (χ4n) is 2.03. The highest BCUT2D eigenvalue weighted by atomic mass is 32.2. The van der Waals surface area contributed by atoms with E-state index in [0.717, 1.165) is 0 Å². The molecule has 0 aromatic rings. The van der Waals surface area contributed by atoms with Crippen LogP contribution in [0.5, 0.6) is 0 Å². The van der Waals surface area contributed by atoms with Crippen LogP contribution in [0.1, 0.15) is 0 Å². The van der Waals surface area contributed by atoms with Gasteiger partial charge < -0.3 is 25.5 Å². The third-order valence-corrected chi connectivity index (χ3v) is 7.20. The molecule has 0 aromatic carbocycles. The van der Waals surface area contributed by atoms with Crippen LogP contribution in [0.25, 0.3) is 0 Å². The van der Waals surface area contributed by atoms with Crippen LogP contribution in [-0.2, 0) is 21.0 Å². The molecule has 6 N–H and O–H groups in total. The molecule has 0 bridgehead atoms. The van der Waals surface area contributed by atoms with Crippen molar-refractivity contribution in [3.63, 3.8) is 0 Å². The molecule has 0 saturated carbocycles. The zero-order chi connectivity index (χ0) is 14.8. The summed E-state index contributed by atoms with van der Waals surface area (Å²) in [6.45, 7) is -1.34. The maximum Gasteiger partial charge on any atom is 0.272 e. The minimum Gasteiger partial charge on any atom is -0.395 e. The largest absolute Gasteiger partial charge is 0.395 e. The Balaban J connectivity index is 2.73. The van der Waals surface area contributed by atoms with Gasteiger partial charge in [0.25, 0.3) is 10.1 Å². The van der Waals surface area contributed by atoms with Gasteiger partial charge in [-0.05, 0) is 0 Å². The Labute approximate surface area is 113 Å². The molecule has 0 aliphatic carbocycles. The van der Waals surface area contributed by atoms with Gasteiger partial charge in [0.2, 0.25) is 0 Å². The third kappa shape index (κ3) is 4.02. The van der Waals surface area contributed by atoms with Crippen molar-refractivity contribution in [1.82, 2.24) is 0 Å². The van der Waals surface area contributed by atoms with Crippen molar-refractivity contribution in [2.45, 2.75) is 28.8 Å². The number of aliphatic hydroxyl groups is 5. The second-order valence-corrected chi connectivity index (χ2v) is 8.44. The monoisotopic (exact) mass is 319 g/mol. The Morgan fingerprint density at radius 3 is 2.26 bits per heavy atom. The molecule has 8 nitrogen and oxygen atoms in total. The lowest BCUT2D eigenvalue weighted by atomic mass is 10.2. The number of aliphatic hydroxyl groups excluding tert-OH is 5. The average molecular weight is 319 g/mol. The average Bonchev–Trinajstić information content (AvgIpc) is 2.53. The maximum atomic E-state index is 10.9. The van der Waals surface area contributed by atoms with E-state index >= 15 is 0 Å². The first-order valence-corrected chi connectivity index (χ1v) is 8.73. The van der Waals surface area contributed by atoms with Crippen molar-refractivity contribution in [2.24, 2.45) is 0 Å². The molecule has 1 heterocycles. The highest BCUT2D eigenvalue weighted by Crippen LogP contribution is 2.25. The summed E-state index contributed by atoms with van der Waals surface area (Å²) in [6.07, 6.45) is -3.69. The minimum atomic E-state index is -4.59. The molecule has 0 spiro atoms. The Morgan fingerprint density at radius 2 is 1.84 bits per heavy atom. The Morgan fingerprint density at radius 1 is 1.26 bits per heavy atom. The molecule has 19 heavy (non-hydrogen) atoms. The molecule has 1 rings (SSSR count). The quantitative estimate of drug-likeness (QED) is 0.216. The molecule has 0 amide bonds. The molecule has 1 aliphatic heterocycles. The first kappa shape index (κ1) is 17.1. The second-order valence-electron chi connectivity index (χ2n) is 4.45. The van der Waals surface area contributed by atoms with Crippen LogP contribution in [-0.4, -0.2) is 92.0 Å². The SMILES string of the molecule is O=S(=O)(O)C(CO)C(O)C[S+]1C[C@H](O)[C@@H](O)[C@H]1CO. The maximum absolute atomic E-state index is 10.9. The zero-order valence-electron chi connectivity index (χ0n) is 10.0. The van der Waals surface area contributed by atoms with Gasteiger partial charge in [-0.3, -0.25) is 4.55 Å². The summed E-state index contributed by atoms with van der Waals surface area (Å²) in [5.74, 6) is -0.00254. The zero-order valence-corrected chi connectivity index (χ0v) is 11.7. The first-order valence-electron chi connectivity index (χ1n) is 5.60. The lowest BCUT2D eigenvalue weighted by Crippen LogP contribution is -2.44. The van der Waals surface area contributed by atoms with E-state index in [1.807, 2.05) is 0 Å². The molecular formula is C9H19O8S2+. The van der Waals surface area contributed by atoms with Gasteiger partial charge in [-0.1, -0.05) is 0 Å². The van der Waals surface area contributed by atoms with Gasteiger partial charge in [0.05, 0.1) is 13.2 Å². The third-order valence-electron chi connectivity index (χ3n) is 3.14. The van der Waals surface area contributed by atoms with E-state index < -0.39 is 63.0 Å². The van der Waals surface area contributed by atoms with E-state index in [9.17, 15) is 23.7 Å². The predicted molar refractivity (Wildman–Crippen MR) is 68.4 cm³/mol. The molecule has 3 unspecified atom stereocenters. The van der Waals surface area contributed by atoms with Gasteiger partial charge in [-0.2, -0.15) is 8.42 Å². The van der Waals surface area contributed by atoms with E-state index in [1.54, 1.807) is 0 Å². The van der Waals surface area contributed by atoms with Gasteiger partial charge in [-0.25, -0.2) is 0 Å². The van der Waals surface area contributed by atoms with Crippen molar-refractivity contribution in [3.8, 4) is 0 Å². The van der Waals surface area contributed by atoms with Crippen LogP contribution in [0.2, 0.25) is 0 Å². The van der Waals surface area contributed by atoms with Crippen LogP contribution in [0, 0.1) is 0 Å². The van der Waals surface area contributed by atoms with Crippen LogP contribution in [0.3, 0.4) is 0 Å². The van der Waals surface area contributed by atoms with Crippen LogP contribution in [0.4, 0.5) is 0 Å². The fraction of sp³-hybridized carbons (Fsp3) is 1.00. The predicted octanol–water partition coefficient (Wildman–Crippen LogP) is -3.69. The smallest absolute Gasteiger partial charge is 0.272 e. The van der Waals surface area contributed by atoms with Crippen molar-refractivity contribution >= 4 is 21.0 Å². The molecular weight excluding hydrogens is 300 g/mol. The van der Waals surface area contributed by atoms with Crippen LogP contribution in [0.15, 0.2) is 0 Å². The molecule has 6 atom stereocenters. The summed E-state index contributed by atoms with van der Waals surface area (Å²) < 4.78 is 30.8. The molecule has 0 radical (unpaired) electrons. The minimum absolute atomic E-state index is 0.132. The fourth-order valence-corrected chi connectivity index (χ4v) is 5.56. The standard InChI is InChI=1S/C9H18O8S2/c10-1-7-9(14)6(13)4-18(7)3-5(12)8(2-11)19(15,16)17/h5-14H,1-4H2/p+1/t5?,6-,7+,8?,9+,18?/m0/s1. The van der Waals surface area contributed by atoms with Crippen LogP contribution < -0.4 is 0 Å². The second kappa shape index (κ2) is 6.68. The van der Waals surface area contributed by atoms with Gasteiger partial charge >= 0.3 is 0 Å². The van der Waals surface area contributed by atoms with Gasteiger partial charge in [0.15, 0.2) is 5.25 Å². The van der Waals surface area contributed by atoms with E-state index in [0.29, 0.717) is 0 Å². The number of hydrogen-bond donors (Lipinski definition) is 6. The Bertz CT molecular complexity index is 386. The normalized spacial score (nSPS) is 35.3. The molecule has 1 fully saturated rings. The van der Waals surface area contributed by atoms with E-state index in [-0.39, 0.29) is 11.5 Å². The lowest BCUT2D eigenvalue weighted by Gasteiger charge is -2.19. The first-order chi connectivity index (χ1) is 8.72. The van der Waals surface area contributed by atoms with Gasteiger partial charge in [0, 0.05) is 10.9 Å². The highest BCUT2D eigenvalue weighted by Gasteiger charge is 2.51. The topological polar surface area (TPSA) is 156 Å². The number of hydrogen-bond acceptors (Lipinski definition) is 7. The van der Waals surface area contributed by atoms with Gasteiger partial charge in [0.1, 0.15) is 35.1 Å². The molecule has 0 aromatic heterocycles. The summed E-state index contributed by atoms with van der Waals surface area (Å²) >= 11 is 0. The van der Waals surface area contributed by atoms with E-state index in [2.05, 4.69) is 0 Å². The summed E-state index contributed by atoms with van der Waals surface area (Å²) in [5.41, 5.74) is 0. The van der Waals surface area contributed by atoms with Crippen LogP contribution >= 0.6 is 0 Å². The van der Waals surface area contributed by atoms with E-state index in [1.165, 1.54) is 0 Å². The highest BCUT2D eigenvalue weighted by molar-refractivity contribution is 7.98. The Kier molecular flexibility index (Phi) is 6.01. The number of rotatable bonds is 6. The molecule has 114 valence electrons. The molecule has 1 aliphatic rings. The summed E-state index contributed by atoms with van der Waals surface area (Å²) in [5, 5.41) is 44.5. The van der Waals surface area contributed by atoms with Crippen molar-refractivity contribution in [3.05, 3.63) is 0 Å². The van der Waals surface area contributed by atoms with E-state index in [4.69, 9.17) is 14.8 Å². The van der Waals surface area contributed by atoms with Crippen molar-refractivity contribution in [2.75, 3.05) is 24.7 Å².